The Hall–Kier alpha value is -4.02. The van der Waals surface area contributed by atoms with Gasteiger partial charge >= 0.3 is 0 Å². The molecule has 0 saturated carbocycles. The zero-order valence-electron chi connectivity index (χ0n) is 21.7. The third kappa shape index (κ3) is 7.83. The van der Waals surface area contributed by atoms with Gasteiger partial charge in [-0.15, -0.1) is 5.10 Å². The first-order chi connectivity index (χ1) is 20.3. The van der Waals surface area contributed by atoms with Gasteiger partial charge in [-0.2, -0.15) is 5.10 Å². The van der Waals surface area contributed by atoms with Crippen LogP contribution in [0.4, 0.5) is 5.69 Å². The molecule has 1 N–H and O–H groups in total. The first-order valence-electron chi connectivity index (χ1n) is 12.4. The van der Waals surface area contributed by atoms with E-state index in [1.807, 2.05) is 0 Å². The Balaban J connectivity index is 1.36. The average Bonchev–Trinajstić information content (AvgIpc) is 3.59. The lowest BCUT2D eigenvalue weighted by Crippen LogP contribution is -2.28. The molecule has 1 aliphatic rings. The molecule has 12 heteroatoms. The van der Waals surface area contributed by atoms with Crippen molar-refractivity contribution >= 4 is 81.5 Å². The van der Waals surface area contributed by atoms with Crippen LogP contribution in [0.15, 0.2) is 105 Å². The number of hydrogen-bond acceptors (Lipinski definition) is 7. The normalized spacial score (nSPS) is 15.2. The van der Waals surface area contributed by atoms with Crippen LogP contribution in [0, 0.1) is 0 Å². The standard InChI is InChI=1S/C30H21Cl3N4O4S/c31-21-5-3-19(4-6-21)16-34-36-30-37(17-25-2-1-13-40-25)29(39)27(42-30)15-20-14-23(33)9-12-26(20)41-18-28(38)35-24-10-7-22(32)8-11-24/h1-16H,17-18H2,(H,35,38)/b27-15-,34-16-,36-30+. The third-order valence-electron chi connectivity index (χ3n) is 5.75. The number of benzene rings is 3. The van der Waals surface area contributed by atoms with Crippen molar-refractivity contribution in [3.8, 4) is 5.75 Å². The summed E-state index contributed by atoms with van der Waals surface area (Å²) in [6.07, 6.45) is 4.75. The molecular weight excluding hydrogens is 619 g/mol. The van der Waals surface area contributed by atoms with E-state index in [9.17, 15) is 9.59 Å². The maximum Gasteiger partial charge on any atom is 0.267 e. The lowest BCUT2D eigenvalue weighted by Gasteiger charge is -2.13. The Kier molecular flexibility index (Phi) is 9.66. The van der Waals surface area contributed by atoms with E-state index in [-0.39, 0.29) is 25.0 Å². The molecule has 1 aromatic heterocycles. The summed E-state index contributed by atoms with van der Waals surface area (Å²) in [6, 6.07) is 22.3. The molecule has 0 radical (unpaired) electrons. The van der Waals surface area contributed by atoms with Gasteiger partial charge in [0.1, 0.15) is 11.5 Å². The van der Waals surface area contributed by atoms with Crippen molar-refractivity contribution in [2.24, 2.45) is 10.2 Å². The number of thioether (sulfide) groups is 1. The molecule has 4 aromatic rings. The number of carbonyl (C=O) groups is 2. The number of anilines is 1. The molecule has 1 saturated heterocycles. The largest absolute Gasteiger partial charge is 0.483 e. The molecule has 2 heterocycles. The summed E-state index contributed by atoms with van der Waals surface area (Å²) >= 11 is 19.3. The van der Waals surface area contributed by atoms with Crippen molar-refractivity contribution in [2.45, 2.75) is 6.54 Å². The Morgan fingerprint density at radius 3 is 2.40 bits per heavy atom. The van der Waals surface area contributed by atoms with Crippen LogP contribution in [-0.2, 0) is 16.1 Å². The van der Waals surface area contributed by atoms with Crippen LogP contribution < -0.4 is 10.1 Å². The van der Waals surface area contributed by atoms with Crippen molar-refractivity contribution in [1.29, 1.82) is 0 Å². The van der Waals surface area contributed by atoms with Crippen LogP contribution in [0.25, 0.3) is 6.08 Å². The number of furan rings is 1. The van der Waals surface area contributed by atoms with Crippen LogP contribution in [0.3, 0.4) is 0 Å². The van der Waals surface area contributed by atoms with Gasteiger partial charge in [-0.1, -0.05) is 46.9 Å². The molecule has 2 amide bonds. The molecule has 0 aliphatic carbocycles. The zero-order chi connectivity index (χ0) is 29.5. The molecule has 8 nitrogen and oxygen atoms in total. The SMILES string of the molecule is O=C(COc1ccc(Cl)cc1/C=C1\S/C(=N/N=C\c2ccc(Cl)cc2)N(Cc2ccco2)C1=O)Nc1ccc(Cl)cc1. The van der Waals surface area contributed by atoms with Crippen LogP contribution >= 0.6 is 46.6 Å². The van der Waals surface area contributed by atoms with Gasteiger partial charge in [-0.3, -0.25) is 14.5 Å². The summed E-state index contributed by atoms with van der Waals surface area (Å²) in [5, 5.41) is 13.2. The fraction of sp³-hybridized carbons (Fsp3) is 0.0667. The van der Waals surface area contributed by atoms with E-state index in [2.05, 4.69) is 15.5 Å². The molecule has 3 aromatic carbocycles. The molecule has 1 aliphatic heterocycles. The maximum atomic E-state index is 13.5. The van der Waals surface area contributed by atoms with Gasteiger partial charge in [-0.05, 0) is 90.1 Å². The van der Waals surface area contributed by atoms with E-state index in [0.717, 1.165) is 17.3 Å². The monoisotopic (exact) mass is 638 g/mol. The fourth-order valence-corrected chi connectivity index (χ4v) is 5.11. The second-order valence-corrected chi connectivity index (χ2v) is 11.1. The van der Waals surface area contributed by atoms with Crippen molar-refractivity contribution in [3.63, 3.8) is 0 Å². The number of carbonyl (C=O) groups excluding carboxylic acids is 2. The predicted molar refractivity (Wildman–Crippen MR) is 168 cm³/mol. The fourth-order valence-electron chi connectivity index (χ4n) is 3.75. The molecule has 5 rings (SSSR count). The summed E-state index contributed by atoms with van der Waals surface area (Å²) in [5.41, 5.74) is 1.90. The molecule has 212 valence electrons. The van der Waals surface area contributed by atoms with Gasteiger partial charge in [0.25, 0.3) is 11.8 Å². The van der Waals surface area contributed by atoms with Crippen molar-refractivity contribution in [2.75, 3.05) is 11.9 Å². The molecule has 0 bridgehead atoms. The van der Waals surface area contributed by atoms with Gasteiger partial charge in [0.2, 0.25) is 0 Å². The highest BCUT2D eigenvalue weighted by atomic mass is 35.5. The quantitative estimate of drug-likeness (QED) is 0.115. The minimum Gasteiger partial charge on any atom is -0.483 e. The highest BCUT2D eigenvalue weighted by Crippen LogP contribution is 2.36. The molecule has 0 spiro atoms. The lowest BCUT2D eigenvalue weighted by atomic mass is 10.2. The van der Waals surface area contributed by atoms with Crippen molar-refractivity contribution < 1.29 is 18.7 Å². The number of amides is 2. The van der Waals surface area contributed by atoms with Crippen LogP contribution in [-0.4, -0.2) is 34.7 Å². The smallest absolute Gasteiger partial charge is 0.267 e. The van der Waals surface area contributed by atoms with Crippen LogP contribution in [0.2, 0.25) is 15.1 Å². The van der Waals surface area contributed by atoms with Gasteiger partial charge in [0, 0.05) is 26.3 Å². The van der Waals surface area contributed by atoms with E-state index in [0.29, 0.717) is 47.9 Å². The molecule has 42 heavy (non-hydrogen) atoms. The predicted octanol–water partition coefficient (Wildman–Crippen LogP) is 7.76. The molecule has 0 unspecified atom stereocenters. The van der Waals surface area contributed by atoms with Crippen LogP contribution in [0.1, 0.15) is 16.9 Å². The molecule has 1 fully saturated rings. The van der Waals surface area contributed by atoms with Gasteiger partial charge in [0.15, 0.2) is 11.8 Å². The lowest BCUT2D eigenvalue weighted by molar-refractivity contribution is -0.122. The second kappa shape index (κ2) is 13.8. The first kappa shape index (κ1) is 29.5. The summed E-state index contributed by atoms with van der Waals surface area (Å²) < 4.78 is 11.3. The minimum absolute atomic E-state index is 0.162. The number of nitrogens with one attached hydrogen (secondary N) is 1. The topological polar surface area (TPSA) is 96.5 Å². The van der Waals surface area contributed by atoms with Crippen molar-refractivity contribution in [1.82, 2.24) is 4.90 Å². The van der Waals surface area contributed by atoms with E-state index in [1.165, 1.54) is 11.2 Å². The van der Waals surface area contributed by atoms with E-state index in [4.69, 9.17) is 44.0 Å². The van der Waals surface area contributed by atoms with Gasteiger partial charge in [-0.25, -0.2) is 0 Å². The Morgan fingerprint density at radius 1 is 0.976 bits per heavy atom. The number of halogens is 3. The third-order valence-corrected chi connectivity index (χ3v) is 7.48. The second-order valence-electron chi connectivity index (χ2n) is 8.79. The van der Waals surface area contributed by atoms with E-state index >= 15 is 0 Å². The summed E-state index contributed by atoms with van der Waals surface area (Å²) in [5.74, 6) is 0.284. The number of rotatable bonds is 9. The van der Waals surface area contributed by atoms with E-state index in [1.54, 1.807) is 91.2 Å². The van der Waals surface area contributed by atoms with E-state index < -0.39 is 0 Å². The van der Waals surface area contributed by atoms with Crippen molar-refractivity contribution in [3.05, 3.63) is 122 Å². The molecular formula is C30H21Cl3N4O4S. The number of amidine groups is 1. The van der Waals surface area contributed by atoms with Gasteiger partial charge < -0.3 is 14.5 Å². The number of hydrogen-bond donors (Lipinski definition) is 1. The summed E-state index contributed by atoms with van der Waals surface area (Å²) in [6.45, 7) is -0.104. The summed E-state index contributed by atoms with van der Waals surface area (Å²) in [7, 11) is 0. The first-order valence-corrected chi connectivity index (χ1v) is 14.4. The molecule has 0 atom stereocenters. The highest BCUT2D eigenvalue weighted by Gasteiger charge is 2.34. The zero-order valence-corrected chi connectivity index (χ0v) is 24.8. The number of nitrogens with zero attached hydrogens (tertiary/aromatic N) is 3. The summed E-state index contributed by atoms with van der Waals surface area (Å²) in [4.78, 5) is 27.8. The Labute approximate surface area is 260 Å². The Morgan fingerprint density at radius 2 is 1.69 bits per heavy atom. The average molecular weight is 640 g/mol. The Bertz CT molecular complexity index is 1670. The maximum absolute atomic E-state index is 13.5. The van der Waals surface area contributed by atoms with Gasteiger partial charge in [0.05, 0.1) is 23.9 Å². The minimum atomic E-state index is -0.366. The van der Waals surface area contributed by atoms with Crippen LogP contribution in [0.5, 0.6) is 5.75 Å². The highest BCUT2D eigenvalue weighted by molar-refractivity contribution is 8.18. The number of ether oxygens (including phenoxy) is 1.